The van der Waals surface area contributed by atoms with E-state index in [1.807, 2.05) is 37.3 Å². The standard InChI is InChI=1S/C18H17FN2O2/c1-12-2-4-13(5-3-12)16-8-9-21(20-16)11-18(23)15-10-14(19)6-7-17(15)22/h2-10,18,22-23H,11H2,1H3. The Morgan fingerprint density at radius 1 is 1.13 bits per heavy atom. The zero-order chi connectivity index (χ0) is 16.4. The van der Waals surface area contributed by atoms with Crippen molar-refractivity contribution in [2.24, 2.45) is 0 Å². The van der Waals surface area contributed by atoms with Crippen molar-refractivity contribution in [3.05, 3.63) is 71.7 Å². The zero-order valence-electron chi connectivity index (χ0n) is 12.6. The van der Waals surface area contributed by atoms with Crippen molar-refractivity contribution in [3.63, 3.8) is 0 Å². The molecule has 1 aromatic heterocycles. The van der Waals surface area contributed by atoms with Crippen molar-refractivity contribution in [1.82, 2.24) is 9.78 Å². The van der Waals surface area contributed by atoms with Crippen LogP contribution in [0.3, 0.4) is 0 Å². The van der Waals surface area contributed by atoms with Gasteiger partial charge in [-0.1, -0.05) is 29.8 Å². The Morgan fingerprint density at radius 3 is 2.61 bits per heavy atom. The summed E-state index contributed by atoms with van der Waals surface area (Å²) >= 11 is 0. The first kappa shape index (κ1) is 15.2. The van der Waals surface area contributed by atoms with Crippen molar-refractivity contribution >= 4 is 0 Å². The number of rotatable bonds is 4. The Labute approximate surface area is 133 Å². The van der Waals surface area contributed by atoms with E-state index in [1.165, 1.54) is 11.6 Å². The maximum atomic E-state index is 13.3. The molecule has 0 bridgehead atoms. The van der Waals surface area contributed by atoms with E-state index in [0.29, 0.717) is 0 Å². The number of aromatic hydroxyl groups is 1. The quantitative estimate of drug-likeness (QED) is 0.776. The second-order valence-electron chi connectivity index (χ2n) is 5.51. The van der Waals surface area contributed by atoms with Crippen molar-refractivity contribution in [2.45, 2.75) is 19.6 Å². The van der Waals surface area contributed by atoms with Crippen LogP contribution in [0, 0.1) is 12.7 Å². The van der Waals surface area contributed by atoms with Crippen LogP contribution in [0.15, 0.2) is 54.7 Å². The maximum absolute atomic E-state index is 13.3. The van der Waals surface area contributed by atoms with Crippen molar-refractivity contribution in [1.29, 1.82) is 0 Å². The zero-order valence-corrected chi connectivity index (χ0v) is 12.6. The molecule has 1 unspecified atom stereocenters. The Bertz CT molecular complexity index is 812. The van der Waals surface area contributed by atoms with Crippen LogP contribution in [0.5, 0.6) is 5.75 Å². The number of aromatic nitrogens is 2. The number of halogens is 1. The van der Waals surface area contributed by atoms with E-state index in [-0.39, 0.29) is 17.9 Å². The average Bonchev–Trinajstić information content (AvgIpc) is 2.99. The van der Waals surface area contributed by atoms with Crippen LogP contribution in [0.4, 0.5) is 4.39 Å². The SMILES string of the molecule is Cc1ccc(-c2ccn(CC(O)c3cc(F)ccc3O)n2)cc1. The maximum Gasteiger partial charge on any atom is 0.123 e. The lowest BCUT2D eigenvalue weighted by Gasteiger charge is -2.12. The van der Waals surface area contributed by atoms with E-state index in [0.717, 1.165) is 23.4 Å². The number of hydrogen-bond donors (Lipinski definition) is 2. The molecule has 118 valence electrons. The molecule has 3 rings (SSSR count). The molecule has 2 aromatic carbocycles. The topological polar surface area (TPSA) is 58.3 Å². The molecule has 3 aromatic rings. The lowest BCUT2D eigenvalue weighted by molar-refractivity contribution is 0.148. The summed E-state index contributed by atoms with van der Waals surface area (Å²) in [5.41, 5.74) is 3.10. The molecule has 0 aliphatic carbocycles. The average molecular weight is 312 g/mol. The molecular formula is C18H17FN2O2. The van der Waals surface area contributed by atoms with Gasteiger partial charge in [-0.15, -0.1) is 0 Å². The Hall–Kier alpha value is -2.66. The van der Waals surface area contributed by atoms with Gasteiger partial charge in [-0.2, -0.15) is 5.10 Å². The van der Waals surface area contributed by atoms with Gasteiger partial charge in [0, 0.05) is 17.3 Å². The summed E-state index contributed by atoms with van der Waals surface area (Å²) in [5, 5.41) is 24.4. The first-order valence-corrected chi connectivity index (χ1v) is 7.30. The van der Waals surface area contributed by atoms with Gasteiger partial charge in [0.05, 0.1) is 12.2 Å². The molecule has 0 spiro atoms. The van der Waals surface area contributed by atoms with Crippen LogP contribution in [0.2, 0.25) is 0 Å². The first-order valence-electron chi connectivity index (χ1n) is 7.30. The molecule has 0 aliphatic rings. The highest BCUT2D eigenvalue weighted by Gasteiger charge is 2.15. The van der Waals surface area contributed by atoms with E-state index in [1.54, 1.807) is 10.9 Å². The van der Waals surface area contributed by atoms with Crippen LogP contribution in [-0.4, -0.2) is 20.0 Å². The normalized spacial score (nSPS) is 12.3. The summed E-state index contributed by atoms with van der Waals surface area (Å²) in [4.78, 5) is 0. The summed E-state index contributed by atoms with van der Waals surface area (Å²) in [6.07, 6.45) is 0.700. The summed E-state index contributed by atoms with van der Waals surface area (Å²) < 4.78 is 14.8. The molecular weight excluding hydrogens is 295 g/mol. The van der Waals surface area contributed by atoms with Crippen LogP contribution in [-0.2, 0) is 6.54 Å². The lowest BCUT2D eigenvalue weighted by Crippen LogP contribution is -2.09. The lowest BCUT2D eigenvalue weighted by atomic mass is 10.1. The number of hydrogen-bond acceptors (Lipinski definition) is 3. The Balaban J connectivity index is 1.78. The third kappa shape index (κ3) is 3.40. The molecule has 23 heavy (non-hydrogen) atoms. The van der Waals surface area contributed by atoms with Crippen molar-refractivity contribution < 1.29 is 14.6 Å². The first-order chi connectivity index (χ1) is 11.0. The summed E-state index contributed by atoms with van der Waals surface area (Å²) in [6.45, 7) is 2.15. The van der Waals surface area contributed by atoms with Gasteiger partial charge in [-0.25, -0.2) is 4.39 Å². The Kier molecular flexibility index (Phi) is 4.12. The number of phenols is 1. The number of aliphatic hydroxyl groups is 1. The molecule has 4 nitrogen and oxygen atoms in total. The highest BCUT2D eigenvalue weighted by atomic mass is 19.1. The summed E-state index contributed by atoms with van der Waals surface area (Å²) in [6, 6.07) is 13.3. The van der Waals surface area contributed by atoms with E-state index in [2.05, 4.69) is 5.10 Å². The van der Waals surface area contributed by atoms with Gasteiger partial charge in [0.25, 0.3) is 0 Å². The number of benzene rings is 2. The van der Waals surface area contributed by atoms with E-state index >= 15 is 0 Å². The molecule has 5 heteroatoms. The molecule has 0 aliphatic heterocycles. The number of phenolic OH excluding ortho intramolecular Hbond substituents is 1. The highest BCUT2D eigenvalue weighted by molar-refractivity contribution is 5.58. The van der Waals surface area contributed by atoms with E-state index in [4.69, 9.17) is 0 Å². The van der Waals surface area contributed by atoms with Gasteiger partial charge in [-0.3, -0.25) is 4.68 Å². The molecule has 1 heterocycles. The molecule has 1 atom stereocenters. The van der Waals surface area contributed by atoms with Gasteiger partial charge in [-0.05, 0) is 31.2 Å². The van der Waals surface area contributed by atoms with Crippen LogP contribution < -0.4 is 0 Å². The van der Waals surface area contributed by atoms with Gasteiger partial charge >= 0.3 is 0 Å². The van der Waals surface area contributed by atoms with Gasteiger partial charge in [0.2, 0.25) is 0 Å². The fourth-order valence-electron chi connectivity index (χ4n) is 2.41. The number of nitrogens with zero attached hydrogens (tertiary/aromatic N) is 2. The van der Waals surface area contributed by atoms with E-state index < -0.39 is 11.9 Å². The van der Waals surface area contributed by atoms with Gasteiger partial charge in [0.15, 0.2) is 0 Å². The van der Waals surface area contributed by atoms with Crippen LogP contribution in [0.1, 0.15) is 17.2 Å². The number of aliphatic hydroxyl groups excluding tert-OH is 1. The number of aryl methyl sites for hydroxylation is 1. The van der Waals surface area contributed by atoms with Gasteiger partial charge < -0.3 is 10.2 Å². The second-order valence-corrected chi connectivity index (χ2v) is 5.51. The molecule has 2 N–H and O–H groups in total. The van der Waals surface area contributed by atoms with Gasteiger partial charge in [0.1, 0.15) is 17.7 Å². The fourth-order valence-corrected chi connectivity index (χ4v) is 2.41. The third-order valence-electron chi connectivity index (χ3n) is 3.70. The molecule has 0 amide bonds. The smallest absolute Gasteiger partial charge is 0.123 e. The molecule has 0 radical (unpaired) electrons. The third-order valence-corrected chi connectivity index (χ3v) is 3.70. The van der Waals surface area contributed by atoms with Crippen LogP contribution in [0.25, 0.3) is 11.3 Å². The summed E-state index contributed by atoms with van der Waals surface area (Å²) in [5.74, 6) is -0.637. The fraction of sp³-hybridized carbons (Fsp3) is 0.167. The van der Waals surface area contributed by atoms with Crippen LogP contribution >= 0.6 is 0 Å². The minimum atomic E-state index is -1.04. The molecule has 0 fully saturated rings. The predicted octanol–water partition coefficient (Wildman–Crippen LogP) is 3.44. The predicted molar refractivity (Wildman–Crippen MR) is 85.4 cm³/mol. The molecule has 0 saturated carbocycles. The largest absolute Gasteiger partial charge is 0.508 e. The minimum Gasteiger partial charge on any atom is -0.508 e. The Morgan fingerprint density at radius 2 is 1.87 bits per heavy atom. The van der Waals surface area contributed by atoms with Crippen molar-refractivity contribution in [2.75, 3.05) is 0 Å². The highest BCUT2D eigenvalue weighted by Crippen LogP contribution is 2.26. The second kappa shape index (κ2) is 6.22. The monoisotopic (exact) mass is 312 g/mol. The van der Waals surface area contributed by atoms with Crippen molar-refractivity contribution in [3.8, 4) is 17.0 Å². The summed E-state index contributed by atoms with van der Waals surface area (Å²) in [7, 11) is 0. The van der Waals surface area contributed by atoms with E-state index in [9.17, 15) is 14.6 Å². The molecule has 0 saturated heterocycles. The minimum absolute atomic E-state index is 0.128.